The summed E-state index contributed by atoms with van der Waals surface area (Å²) >= 11 is 3.41. The van der Waals surface area contributed by atoms with Crippen LogP contribution in [0.2, 0.25) is 0 Å². The molecule has 1 heterocycles. The number of aliphatic hydroxyl groups excluding tert-OH is 1. The summed E-state index contributed by atoms with van der Waals surface area (Å²) in [6.07, 6.45) is 2.05. The molecular formula is C17H16BrNO2. The van der Waals surface area contributed by atoms with E-state index in [-0.39, 0.29) is 6.61 Å². The van der Waals surface area contributed by atoms with E-state index >= 15 is 0 Å². The standard InChI is InChI=1S/C17H16BrNO2/c18-15-3-5-16(6-4-15)21-10-9-19-8-7-14-2-1-13(12-20)11-17(14)19/h1-8,11,20H,9-10,12H2. The van der Waals surface area contributed by atoms with Crippen LogP contribution in [-0.4, -0.2) is 16.3 Å². The zero-order valence-corrected chi connectivity index (χ0v) is 13.1. The maximum Gasteiger partial charge on any atom is 0.119 e. The van der Waals surface area contributed by atoms with Crippen molar-refractivity contribution in [3.8, 4) is 5.75 Å². The van der Waals surface area contributed by atoms with Gasteiger partial charge in [-0.2, -0.15) is 0 Å². The molecule has 21 heavy (non-hydrogen) atoms. The summed E-state index contributed by atoms with van der Waals surface area (Å²) in [5.74, 6) is 0.866. The topological polar surface area (TPSA) is 34.4 Å². The molecule has 108 valence electrons. The average molecular weight is 346 g/mol. The normalized spacial score (nSPS) is 11.0. The van der Waals surface area contributed by atoms with E-state index in [1.165, 1.54) is 5.39 Å². The molecule has 0 aliphatic carbocycles. The fourth-order valence-electron chi connectivity index (χ4n) is 2.32. The van der Waals surface area contributed by atoms with Gasteiger partial charge < -0.3 is 14.4 Å². The van der Waals surface area contributed by atoms with Crippen LogP contribution in [-0.2, 0) is 13.2 Å². The van der Waals surface area contributed by atoms with Crippen LogP contribution in [0, 0.1) is 0 Å². The molecule has 0 bridgehead atoms. The van der Waals surface area contributed by atoms with Crippen LogP contribution >= 0.6 is 15.9 Å². The number of halogens is 1. The second kappa shape index (κ2) is 6.33. The minimum absolute atomic E-state index is 0.0660. The molecular weight excluding hydrogens is 330 g/mol. The van der Waals surface area contributed by atoms with Crippen molar-refractivity contribution >= 4 is 26.8 Å². The summed E-state index contributed by atoms with van der Waals surface area (Å²) in [6, 6.07) is 15.9. The molecule has 0 unspecified atom stereocenters. The molecule has 0 amide bonds. The number of benzene rings is 2. The van der Waals surface area contributed by atoms with Crippen LogP contribution in [0.15, 0.2) is 59.2 Å². The van der Waals surface area contributed by atoms with E-state index in [2.05, 4.69) is 32.8 Å². The lowest BCUT2D eigenvalue weighted by Crippen LogP contribution is -2.07. The van der Waals surface area contributed by atoms with Crippen LogP contribution in [0.4, 0.5) is 0 Å². The summed E-state index contributed by atoms with van der Waals surface area (Å²) in [5.41, 5.74) is 2.05. The van der Waals surface area contributed by atoms with Gasteiger partial charge in [-0.25, -0.2) is 0 Å². The predicted octanol–water partition coefficient (Wildman–Crippen LogP) is 3.98. The van der Waals surface area contributed by atoms with Crippen LogP contribution in [0.1, 0.15) is 5.56 Å². The lowest BCUT2D eigenvalue weighted by molar-refractivity contribution is 0.282. The Labute approximate surface area is 131 Å². The SMILES string of the molecule is OCc1ccc2ccn(CCOc3ccc(Br)cc3)c2c1. The monoisotopic (exact) mass is 345 g/mol. The summed E-state index contributed by atoms with van der Waals surface area (Å²) in [5, 5.41) is 10.4. The molecule has 2 aromatic carbocycles. The Morgan fingerprint density at radius 2 is 1.86 bits per heavy atom. The Bertz CT molecular complexity index is 734. The zero-order chi connectivity index (χ0) is 14.7. The van der Waals surface area contributed by atoms with Gasteiger partial charge in [-0.05, 0) is 47.3 Å². The van der Waals surface area contributed by atoms with Gasteiger partial charge in [-0.1, -0.05) is 28.1 Å². The van der Waals surface area contributed by atoms with Gasteiger partial charge in [-0.3, -0.25) is 0 Å². The number of rotatable bonds is 5. The molecule has 0 atom stereocenters. The van der Waals surface area contributed by atoms with Gasteiger partial charge in [0.15, 0.2) is 0 Å². The van der Waals surface area contributed by atoms with E-state index in [0.29, 0.717) is 6.61 Å². The molecule has 3 rings (SSSR count). The Morgan fingerprint density at radius 3 is 2.62 bits per heavy atom. The second-order valence-electron chi connectivity index (χ2n) is 4.86. The van der Waals surface area contributed by atoms with Gasteiger partial charge in [0.2, 0.25) is 0 Å². The number of ether oxygens (including phenoxy) is 1. The third-order valence-corrected chi connectivity index (χ3v) is 3.96. The molecule has 0 fully saturated rings. The molecule has 3 nitrogen and oxygen atoms in total. The Kier molecular flexibility index (Phi) is 4.27. The lowest BCUT2D eigenvalue weighted by Gasteiger charge is -2.09. The van der Waals surface area contributed by atoms with Crippen LogP contribution < -0.4 is 4.74 Å². The Morgan fingerprint density at radius 1 is 1.05 bits per heavy atom. The van der Waals surface area contributed by atoms with Gasteiger partial charge in [0, 0.05) is 16.2 Å². The van der Waals surface area contributed by atoms with Gasteiger partial charge >= 0.3 is 0 Å². The van der Waals surface area contributed by atoms with Crippen molar-refractivity contribution in [3.63, 3.8) is 0 Å². The van der Waals surface area contributed by atoms with Gasteiger partial charge in [-0.15, -0.1) is 0 Å². The van der Waals surface area contributed by atoms with E-state index in [0.717, 1.165) is 27.8 Å². The van der Waals surface area contributed by atoms with Gasteiger partial charge in [0.1, 0.15) is 12.4 Å². The highest BCUT2D eigenvalue weighted by molar-refractivity contribution is 9.10. The summed E-state index contributed by atoms with van der Waals surface area (Å²) in [4.78, 5) is 0. The van der Waals surface area contributed by atoms with Crippen molar-refractivity contribution < 1.29 is 9.84 Å². The first-order chi connectivity index (χ1) is 10.3. The molecule has 0 aliphatic heterocycles. The molecule has 0 saturated heterocycles. The first-order valence-electron chi connectivity index (χ1n) is 6.83. The number of aromatic nitrogens is 1. The maximum absolute atomic E-state index is 9.23. The average Bonchev–Trinajstić information content (AvgIpc) is 2.91. The van der Waals surface area contributed by atoms with Crippen molar-refractivity contribution in [2.75, 3.05) is 6.61 Å². The number of fused-ring (bicyclic) bond motifs is 1. The second-order valence-corrected chi connectivity index (χ2v) is 5.78. The molecule has 1 N–H and O–H groups in total. The van der Waals surface area contributed by atoms with E-state index < -0.39 is 0 Å². The van der Waals surface area contributed by atoms with Crippen LogP contribution in [0.3, 0.4) is 0 Å². The zero-order valence-electron chi connectivity index (χ0n) is 11.5. The molecule has 0 aliphatic rings. The van der Waals surface area contributed by atoms with Crippen molar-refractivity contribution in [1.82, 2.24) is 4.57 Å². The van der Waals surface area contributed by atoms with E-state index in [1.54, 1.807) is 0 Å². The number of hydrogen-bond donors (Lipinski definition) is 1. The van der Waals surface area contributed by atoms with Crippen LogP contribution in [0.25, 0.3) is 10.9 Å². The van der Waals surface area contributed by atoms with Crippen molar-refractivity contribution in [3.05, 3.63) is 64.8 Å². The van der Waals surface area contributed by atoms with Crippen molar-refractivity contribution in [2.45, 2.75) is 13.2 Å². The molecule has 1 aromatic heterocycles. The van der Waals surface area contributed by atoms with Gasteiger partial charge in [0.25, 0.3) is 0 Å². The van der Waals surface area contributed by atoms with Crippen LogP contribution in [0.5, 0.6) is 5.75 Å². The molecule has 3 aromatic rings. The van der Waals surface area contributed by atoms with E-state index in [4.69, 9.17) is 4.74 Å². The smallest absolute Gasteiger partial charge is 0.119 e. The summed E-state index contributed by atoms with van der Waals surface area (Å²) < 4.78 is 8.94. The molecule has 0 saturated carbocycles. The largest absolute Gasteiger partial charge is 0.492 e. The highest BCUT2D eigenvalue weighted by atomic mass is 79.9. The van der Waals surface area contributed by atoms with Crippen molar-refractivity contribution in [1.29, 1.82) is 0 Å². The molecule has 0 spiro atoms. The first kappa shape index (κ1) is 14.2. The third-order valence-electron chi connectivity index (χ3n) is 3.44. The number of aliphatic hydroxyl groups is 1. The maximum atomic E-state index is 9.23. The number of hydrogen-bond acceptors (Lipinski definition) is 2. The highest BCUT2D eigenvalue weighted by Gasteiger charge is 2.02. The fourth-order valence-corrected chi connectivity index (χ4v) is 2.58. The summed E-state index contributed by atoms with van der Waals surface area (Å²) in [6.45, 7) is 1.44. The fraction of sp³-hybridized carbons (Fsp3) is 0.176. The quantitative estimate of drug-likeness (QED) is 0.758. The number of nitrogens with zero attached hydrogens (tertiary/aromatic N) is 1. The van der Waals surface area contributed by atoms with E-state index in [1.807, 2.05) is 42.5 Å². The first-order valence-corrected chi connectivity index (χ1v) is 7.62. The Hall–Kier alpha value is -1.78. The van der Waals surface area contributed by atoms with Gasteiger partial charge in [0.05, 0.1) is 13.2 Å². The Balaban J connectivity index is 1.69. The minimum atomic E-state index is 0.0660. The van der Waals surface area contributed by atoms with Crippen molar-refractivity contribution in [2.24, 2.45) is 0 Å². The van der Waals surface area contributed by atoms with E-state index in [9.17, 15) is 5.11 Å². The highest BCUT2D eigenvalue weighted by Crippen LogP contribution is 2.19. The third kappa shape index (κ3) is 3.28. The summed E-state index contributed by atoms with van der Waals surface area (Å²) in [7, 11) is 0. The predicted molar refractivity (Wildman–Crippen MR) is 87.5 cm³/mol. The molecule has 4 heteroatoms. The minimum Gasteiger partial charge on any atom is -0.492 e. The molecule has 0 radical (unpaired) electrons. The lowest BCUT2D eigenvalue weighted by atomic mass is 10.2.